The van der Waals surface area contributed by atoms with Crippen molar-refractivity contribution in [2.75, 3.05) is 19.5 Å². The molecule has 1 saturated carbocycles. The smallest absolute Gasteiger partial charge is 0.257 e. The average Bonchev–Trinajstić information content (AvgIpc) is 3.12. The Hall–Kier alpha value is -2.61. The summed E-state index contributed by atoms with van der Waals surface area (Å²) in [4.78, 5) is 29.5. The number of carbonyl (C=O) groups is 2. The second-order valence-corrected chi connectivity index (χ2v) is 9.91. The zero-order valence-corrected chi connectivity index (χ0v) is 19.6. The standard InChI is InChI=1S/C23H31N3O4S/c1-14-6-16(12-23(2,3)11-14)24-20(27)9-17-13-31-22(25-17)26-21(28)15-7-18(29-4)10-19(8-15)30-5/h7-8,10,13-14,16H,6,9,11-12H2,1-5H3,(H,24,27)(H,25,26,28). The van der Waals surface area contributed by atoms with Crippen LogP contribution in [0, 0.1) is 11.3 Å². The van der Waals surface area contributed by atoms with Crippen molar-refractivity contribution < 1.29 is 19.1 Å². The second-order valence-electron chi connectivity index (χ2n) is 9.05. The first-order valence-corrected chi connectivity index (χ1v) is 11.3. The highest BCUT2D eigenvalue weighted by molar-refractivity contribution is 7.14. The van der Waals surface area contributed by atoms with Gasteiger partial charge in [-0.3, -0.25) is 14.9 Å². The van der Waals surface area contributed by atoms with Gasteiger partial charge in [0.25, 0.3) is 5.91 Å². The number of hydrogen-bond acceptors (Lipinski definition) is 6. The van der Waals surface area contributed by atoms with Crippen LogP contribution in [0.25, 0.3) is 0 Å². The van der Waals surface area contributed by atoms with Crippen LogP contribution in [0.5, 0.6) is 11.5 Å². The third-order valence-corrected chi connectivity index (χ3v) is 6.29. The number of nitrogens with zero attached hydrogens (tertiary/aromatic N) is 1. The first kappa shape index (κ1) is 23.1. The zero-order chi connectivity index (χ0) is 22.6. The molecule has 2 atom stereocenters. The Morgan fingerprint density at radius 3 is 2.45 bits per heavy atom. The van der Waals surface area contributed by atoms with Crippen LogP contribution in [0.1, 0.15) is 56.1 Å². The lowest BCUT2D eigenvalue weighted by molar-refractivity contribution is -0.121. The number of anilines is 1. The van der Waals surface area contributed by atoms with E-state index in [0.29, 0.717) is 33.8 Å². The van der Waals surface area contributed by atoms with Gasteiger partial charge in [0, 0.05) is 23.1 Å². The van der Waals surface area contributed by atoms with Crippen LogP contribution >= 0.6 is 11.3 Å². The molecule has 1 aliphatic rings. The summed E-state index contributed by atoms with van der Waals surface area (Å²) in [6.07, 6.45) is 3.39. The van der Waals surface area contributed by atoms with Gasteiger partial charge in [-0.1, -0.05) is 20.8 Å². The van der Waals surface area contributed by atoms with Gasteiger partial charge < -0.3 is 14.8 Å². The molecule has 2 aromatic rings. The highest BCUT2D eigenvalue weighted by Crippen LogP contribution is 2.38. The number of methoxy groups -OCH3 is 2. The fraction of sp³-hybridized carbons (Fsp3) is 0.522. The lowest BCUT2D eigenvalue weighted by Gasteiger charge is -2.39. The van der Waals surface area contributed by atoms with E-state index in [9.17, 15) is 9.59 Å². The molecule has 31 heavy (non-hydrogen) atoms. The highest BCUT2D eigenvalue weighted by atomic mass is 32.1. The Balaban J connectivity index is 1.58. The van der Waals surface area contributed by atoms with Crippen molar-refractivity contribution in [2.24, 2.45) is 11.3 Å². The molecule has 0 radical (unpaired) electrons. The molecule has 2 unspecified atom stereocenters. The average molecular weight is 446 g/mol. The SMILES string of the molecule is COc1cc(OC)cc(C(=O)Nc2nc(CC(=O)NC3CC(C)CC(C)(C)C3)cs2)c1. The van der Waals surface area contributed by atoms with E-state index < -0.39 is 0 Å². The molecule has 7 nitrogen and oxygen atoms in total. The van der Waals surface area contributed by atoms with Gasteiger partial charge >= 0.3 is 0 Å². The van der Waals surface area contributed by atoms with Crippen LogP contribution in [0.4, 0.5) is 5.13 Å². The van der Waals surface area contributed by atoms with Crippen molar-refractivity contribution >= 4 is 28.3 Å². The van der Waals surface area contributed by atoms with Crippen LogP contribution in [0.15, 0.2) is 23.6 Å². The Labute approximate surface area is 187 Å². The summed E-state index contributed by atoms with van der Waals surface area (Å²) in [6, 6.07) is 5.16. The van der Waals surface area contributed by atoms with E-state index in [-0.39, 0.29) is 29.7 Å². The number of carbonyl (C=O) groups excluding carboxylic acids is 2. The monoisotopic (exact) mass is 445 g/mol. The largest absolute Gasteiger partial charge is 0.497 e. The lowest BCUT2D eigenvalue weighted by Crippen LogP contribution is -2.43. The first-order valence-electron chi connectivity index (χ1n) is 10.5. The van der Waals surface area contributed by atoms with E-state index >= 15 is 0 Å². The topological polar surface area (TPSA) is 89.6 Å². The van der Waals surface area contributed by atoms with E-state index in [1.54, 1.807) is 23.6 Å². The predicted octanol–water partition coefficient (Wildman–Crippen LogP) is 4.29. The van der Waals surface area contributed by atoms with Gasteiger partial charge in [0.15, 0.2) is 5.13 Å². The molecule has 0 bridgehead atoms. The van der Waals surface area contributed by atoms with Crippen LogP contribution < -0.4 is 20.1 Å². The predicted molar refractivity (Wildman–Crippen MR) is 122 cm³/mol. The van der Waals surface area contributed by atoms with Crippen LogP contribution in [-0.2, 0) is 11.2 Å². The molecule has 2 amide bonds. The molecule has 0 spiro atoms. The van der Waals surface area contributed by atoms with Crippen molar-refractivity contribution in [1.29, 1.82) is 0 Å². The molecule has 0 aliphatic heterocycles. The van der Waals surface area contributed by atoms with Gasteiger partial charge in [0.1, 0.15) is 11.5 Å². The van der Waals surface area contributed by atoms with Crippen molar-refractivity contribution in [3.63, 3.8) is 0 Å². The molecule has 1 heterocycles. The van der Waals surface area contributed by atoms with Gasteiger partial charge in [0.05, 0.1) is 26.3 Å². The Morgan fingerprint density at radius 2 is 1.84 bits per heavy atom. The Kier molecular flexibility index (Phi) is 7.20. The van der Waals surface area contributed by atoms with E-state index in [2.05, 4.69) is 36.4 Å². The first-order chi connectivity index (χ1) is 14.7. The number of thiazole rings is 1. The van der Waals surface area contributed by atoms with E-state index in [1.807, 2.05) is 0 Å². The molecule has 168 valence electrons. The summed E-state index contributed by atoms with van der Waals surface area (Å²) < 4.78 is 10.4. The minimum Gasteiger partial charge on any atom is -0.497 e. The quantitative estimate of drug-likeness (QED) is 0.664. The van der Waals surface area contributed by atoms with E-state index in [4.69, 9.17) is 9.47 Å². The molecular formula is C23H31N3O4S. The summed E-state index contributed by atoms with van der Waals surface area (Å²) in [5.74, 6) is 1.31. The van der Waals surface area contributed by atoms with Gasteiger partial charge in [0.2, 0.25) is 5.91 Å². The van der Waals surface area contributed by atoms with E-state index in [0.717, 1.165) is 12.8 Å². The number of hydrogen-bond donors (Lipinski definition) is 2. The molecule has 1 aromatic heterocycles. The number of aromatic nitrogens is 1. The third kappa shape index (κ3) is 6.43. The van der Waals surface area contributed by atoms with Crippen LogP contribution in [0.2, 0.25) is 0 Å². The van der Waals surface area contributed by atoms with Crippen molar-refractivity contribution in [3.05, 3.63) is 34.8 Å². The fourth-order valence-electron chi connectivity index (χ4n) is 4.45. The van der Waals surface area contributed by atoms with Crippen molar-refractivity contribution in [3.8, 4) is 11.5 Å². The minimum absolute atomic E-state index is 0.0318. The highest BCUT2D eigenvalue weighted by Gasteiger charge is 2.32. The van der Waals surface area contributed by atoms with Gasteiger partial charge in [-0.15, -0.1) is 11.3 Å². The summed E-state index contributed by atoms with van der Waals surface area (Å²) in [5, 5.41) is 8.19. The molecule has 1 fully saturated rings. The summed E-state index contributed by atoms with van der Waals surface area (Å²) in [5.41, 5.74) is 1.29. The minimum atomic E-state index is -0.319. The summed E-state index contributed by atoms with van der Waals surface area (Å²) in [7, 11) is 3.06. The maximum absolute atomic E-state index is 12.6. The maximum atomic E-state index is 12.6. The van der Waals surface area contributed by atoms with Gasteiger partial charge in [-0.2, -0.15) is 0 Å². The zero-order valence-electron chi connectivity index (χ0n) is 18.8. The van der Waals surface area contributed by atoms with Gasteiger partial charge in [-0.05, 0) is 42.7 Å². The normalized spacial score (nSPS) is 20.0. The lowest BCUT2D eigenvalue weighted by atomic mass is 9.70. The fourth-order valence-corrected chi connectivity index (χ4v) is 5.16. The molecule has 1 aromatic carbocycles. The molecule has 1 aliphatic carbocycles. The molecule has 0 saturated heterocycles. The summed E-state index contributed by atoms with van der Waals surface area (Å²) in [6.45, 7) is 6.76. The number of benzene rings is 1. The number of amides is 2. The number of rotatable bonds is 7. The molecule has 8 heteroatoms. The Morgan fingerprint density at radius 1 is 1.16 bits per heavy atom. The summed E-state index contributed by atoms with van der Waals surface area (Å²) >= 11 is 1.30. The number of ether oxygens (including phenoxy) is 2. The van der Waals surface area contributed by atoms with Crippen molar-refractivity contribution in [1.82, 2.24) is 10.3 Å². The molecule has 3 rings (SSSR count). The maximum Gasteiger partial charge on any atom is 0.257 e. The third-order valence-electron chi connectivity index (χ3n) is 5.48. The van der Waals surface area contributed by atoms with Crippen LogP contribution in [-0.4, -0.2) is 37.1 Å². The molecular weight excluding hydrogens is 414 g/mol. The number of nitrogens with one attached hydrogen (secondary N) is 2. The molecule has 2 N–H and O–H groups in total. The Bertz CT molecular complexity index is 918. The van der Waals surface area contributed by atoms with Gasteiger partial charge in [-0.25, -0.2) is 4.98 Å². The van der Waals surface area contributed by atoms with E-state index in [1.165, 1.54) is 32.0 Å². The second kappa shape index (κ2) is 9.68. The van der Waals surface area contributed by atoms with Crippen LogP contribution in [0.3, 0.4) is 0 Å². The van der Waals surface area contributed by atoms with Crippen molar-refractivity contribution in [2.45, 2.75) is 52.5 Å².